The van der Waals surface area contributed by atoms with E-state index in [9.17, 15) is 4.79 Å². The van der Waals surface area contributed by atoms with Crippen LogP contribution < -0.4 is 5.73 Å². The maximum Gasteiger partial charge on any atom is 0.235 e. The number of piperidine rings is 1. The highest BCUT2D eigenvalue weighted by atomic mass is 32.1. The van der Waals surface area contributed by atoms with Crippen molar-refractivity contribution in [2.45, 2.75) is 46.5 Å². The van der Waals surface area contributed by atoms with Crippen LogP contribution in [0.25, 0.3) is 0 Å². The molecule has 0 aromatic carbocycles. The van der Waals surface area contributed by atoms with Gasteiger partial charge in [-0.15, -0.1) is 0 Å². The number of hydrogen-bond acceptors (Lipinski definition) is 2. The Bertz CT molecular complexity index is 292. The number of hydrogen-bond donors (Lipinski definition) is 1. The van der Waals surface area contributed by atoms with Crippen molar-refractivity contribution in [1.29, 1.82) is 0 Å². The maximum atomic E-state index is 12.6. The molecule has 2 N–H and O–H groups in total. The lowest BCUT2D eigenvalue weighted by Gasteiger charge is -2.38. The summed E-state index contributed by atoms with van der Waals surface area (Å²) in [6, 6.07) is 0. The molecule has 1 aliphatic rings. The van der Waals surface area contributed by atoms with Crippen LogP contribution in [-0.2, 0) is 4.79 Å². The number of carbonyl (C=O) groups excluding carboxylic acids is 1. The Labute approximate surface area is 110 Å². The molecule has 0 saturated carbocycles. The molecule has 0 aromatic rings. The van der Waals surface area contributed by atoms with E-state index in [-0.39, 0.29) is 5.91 Å². The van der Waals surface area contributed by atoms with Crippen LogP contribution in [0.15, 0.2) is 0 Å². The van der Waals surface area contributed by atoms with Crippen LogP contribution in [-0.4, -0.2) is 28.9 Å². The number of likely N-dealkylation sites (tertiary alicyclic amines) is 1. The van der Waals surface area contributed by atoms with Crippen molar-refractivity contribution in [3.63, 3.8) is 0 Å². The SMILES string of the molecule is CCC(CC)(C(=O)N1CCC(C)CC1)C(N)=S. The highest BCUT2D eigenvalue weighted by Gasteiger charge is 2.41. The molecule has 0 radical (unpaired) electrons. The van der Waals surface area contributed by atoms with Gasteiger partial charge in [0.2, 0.25) is 5.91 Å². The third-order valence-corrected chi connectivity index (χ3v) is 4.55. The summed E-state index contributed by atoms with van der Waals surface area (Å²) in [4.78, 5) is 14.9. The Kier molecular flexibility index (Phi) is 4.92. The number of rotatable bonds is 4. The van der Waals surface area contributed by atoms with Crippen molar-refractivity contribution < 1.29 is 4.79 Å². The fourth-order valence-electron chi connectivity index (χ4n) is 2.52. The highest BCUT2D eigenvalue weighted by molar-refractivity contribution is 7.80. The van der Waals surface area contributed by atoms with Gasteiger partial charge in [-0.05, 0) is 31.6 Å². The van der Waals surface area contributed by atoms with Gasteiger partial charge in [-0.1, -0.05) is 33.0 Å². The van der Waals surface area contributed by atoms with Crippen molar-refractivity contribution in [2.75, 3.05) is 13.1 Å². The Morgan fingerprint density at radius 2 is 1.82 bits per heavy atom. The lowest BCUT2D eigenvalue weighted by molar-refractivity contribution is -0.140. The number of nitrogens with zero attached hydrogens (tertiary/aromatic N) is 1. The van der Waals surface area contributed by atoms with Crippen molar-refractivity contribution in [3.05, 3.63) is 0 Å². The van der Waals surface area contributed by atoms with E-state index in [0.29, 0.717) is 17.8 Å². The first-order valence-corrected chi connectivity index (χ1v) is 6.98. The third kappa shape index (κ3) is 2.79. The predicted molar refractivity (Wildman–Crippen MR) is 74.8 cm³/mol. The van der Waals surface area contributed by atoms with Crippen LogP contribution in [0.3, 0.4) is 0 Å². The number of nitrogens with two attached hydrogens (primary N) is 1. The van der Waals surface area contributed by atoms with E-state index >= 15 is 0 Å². The normalized spacial score (nSPS) is 18.2. The first-order valence-electron chi connectivity index (χ1n) is 6.57. The van der Waals surface area contributed by atoms with Gasteiger partial charge in [-0.25, -0.2) is 0 Å². The number of carbonyl (C=O) groups is 1. The van der Waals surface area contributed by atoms with E-state index in [1.165, 1.54) is 0 Å². The second-order valence-electron chi connectivity index (χ2n) is 5.13. The summed E-state index contributed by atoms with van der Waals surface area (Å²) < 4.78 is 0. The molecule has 1 fully saturated rings. The lowest BCUT2D eigenvalue weighted by Crippen LogP contribution is -2.52. The topological polar surface area (TPSA) is 46.3 Å². The number of thiocarbonyl (C=S) groups is 1. The smallest absolute Gasteiger partial charge is 0.235 e. The highest BCUT2D eigenvalue weighted by Crippen LogP contribution is 2.31. The monoisotopic (exact) mass is 256 g/mol. The summed E-state index contributed by atoms with van der Waals surface area (Å²) in [5, 5.41) is 0. The summed E-state index contributed by atoms with van der Waals surface area (Å²) in [5.74, 6) is 0.864. The lowest BCUT2D eigenvalue weighted by atomic mass is 9.80. The van der Waals surface area contributed by atoms with Crippen molar-refractivity contribution in [2.24, 2.45) is 17.1 Å². The molecule has 1 rings (SSSR count). The van der Waals surface area contributed by atoms with Crippen LogP contribution in [0.1, 0.15) is 46.5 Å². The molecule has 0 spiro atoms. The van der Waals surface area contributed by atoms with E-state index in [0.717, 1.165) is 31.8 Å². The molecule has 1 aliphatic heterocycles. The zero-order valence-corrected chi connectivity index (χ0v) is 12.0. The van der Waals surface area contributed by atoms with Gasteiger partial charge in [-0.2, -0.15) is 0 Å². The summed E-state index contributed by atoms with van der Waals surface area (Å²) in [7, 11) is 0. The zero-order valence-electron chi connectivity index (χ0n) is 11.2. The van der Waals surface area contributed by atoms with Gasteiger partial charge >= 0.3 is 0 Å². The Balaban J connectivity index is 2.82. The fourth-order valence-corrected chi connectivity index (χ4v) is 2.90. The van der Waals surface area contributed by atoms with E-state index in [1.54, 1.807) is 0 Å². The van der Waals surface area contributed by atoms with E-state index in [4.69, 9.17) is 18.0 Å². The Morgan fingerprint density at radius 3 is 2.18 bits per heavy atom. The van der Waals surface area contributed by atoms with Gasteiger partial charge < -0.3 is 10.6 Å². The van der Waals surface area contributed by atoms with Gasteiger partial charge in [-0.3, -0.25) is 4.79 Å². The second-order valence-corrected chi connectivity index (χ2v) is 5.57. The molecule has 1 heterocycles. The fraction of sp³-hybridized carbons (Fsp3) is 0.846. The van der Waals surface area contributed by atoms with Crippen LogP contribution in [0.5, 0.6) is 0 Å². The molecule has 17 heavy (non-hydrogen) atoms. The van der Waals surface area contributed by atoms with Crippen LogP contribution >= 0.6 is 12.2 Å². The molecule has 0 aliphatic carbocycles. The van der Waals surface area contributed by atoms with Gasteiger partial charge in [0.05, 0.1) is 10.4 Å². The van der Waals surface area contributed by atoms with Gasteiger partial charge in [0, 0.05) is 13.1 Å². The largest absolute Gasteiger partial charge is 0.392 e. The zero-order chi connectivity index (χ0) is 13.1. The van der Waals surface area contributed by atoms with Gasteiger partial charge in [0.25, 0.3) is 0 Å². The minimum absolute atomic E-state index is 0.141. The molecular formula is C13H24N2OS. The quantitative estimate of drug-likeness (QED) is 0.785. The Hall–Kier alpha value is -0.640. The van der Waals surface area contributed by atoms with E-state index in [2.05, 4.69) is 6.92 Å². The molecule has 1 saturated heterocycles. The minimum Gasteiger partial charge on any atom is -0.392 e. The molecule has 3 nitrogen and oxygen atoms in total. The molecular weight excluding hydrogens is 232 g/mol. The maximum absolute atomic E-state index is 12.6. The molecule has 4 heteroatoms. The molecule has 0 aromatic heterocycles. The van der Waals surface area contributed by atoms with Crippen LogP contribution in [0.4, 0.5) is 0 Å². The summed E-state index contributed by atoms with van der Waals surface area (Å²) in [6.07, 6.45) is 3.58. The molecule has 1 amide bonds. The Morgan fingerprint density at radius 1 is 1.35 bits per heavy atom. The molecule has 98 valence electrons. The average Bonchev–Trinajstić information content (AvgIpc) is 2.31. The first-order chi connectivity index (χ1) is 7.97. The van der Waals surface area contributed by atoms with E-state index in [1.807, 2.05) is 18.7 Å². The summed E-state index contributed by atoms with van der Waals surface area (Å²) >= 11 is 5.13. The van der Waals surface area contributed by atoms with Crippen LogP contribution in [0.2, 0.25) is 0 Å². The summed E-state index contributed by atoms with van der Waals surface area (Å²) in [5.41, 5.74) is 5.20. The number of amides is 1. The van der Waals surface area contributed by atoms with Crippen molar-refractivity contribution in [3.8, 4) is 0 Å². The first kappa shape index (κ1) is 14.4. The summed E-state index contributed by atoms with van der Waals surface area (Å²) in [6.45, 7) is 7.93. The molecule has 0 unspecified atom stereocenters. The van der Waals surface area contributed by atoms with Crippen molar-refractivity contribution in [1.82, 2.24) is 4.90 Å². The predicted octanol–water partition coefficient (Wildman–Crippen LogP) is 2.34. The minimum atomic E-state index is -0.615. The van der Waals surface area contributed by atoms with Crippen LogP contribution in [0, 0.1) is 11.3 Å². The molecule has 0 atom stereocenters. The van der Waals surface area contributed by atoms with E-state index < -0.39 is 5.41 Å². The molecule has 0 bridgehead atoms. The average molecular weight is 256 g/mol. The van der Waals surface area contributed by atoms with Crippen molar-refractivity contribution >= 4 is 23.1 Å². The van der Waals surface area contributed by atoms with Gasteiger partial charge in [0.15, 0.2) is 0 Å². The standard InChI is InChI=1S/C13H24N2OS/c1-4-13(5-2,11(14)17)12(16)15-8-6-10(3)7-9-15/h10H,4-9H2,1-3H3,(H2,14,17). The van der Waals surface area contributed by atoms with Gasteiger partial charge in [0.1, 0.15) is 0 Å². The second kappa shape index (κ2) is 5.80. The third-order valence-electron chi connectivity index (χ3n) is 4.16.